The molecule has 1 atom stereocenters. The summed E-state index contributed by atoms with van der Waals surface area (Å²) in [5.74, 6) is 0.197. The van der Waals surface area contributed by atoms with Crippen molar-refractivity contribution in [2.75, 3.05) is 11.4 Å². The van der Waals surface area contributed by atoms with Crippen LogP contribution in [0.3, 0.4) is 0 Å². The second-order valence-corrected chi connectivity index (χ2v) is 5.58. The Hall–Kier alpha value is -1.84. The van der Waals surface area contributed by atoms with Crippen molar-refractivity contribution in [3.63, 3.8) is 0 Å². The molecule has 0 bridgehead atoms. The Morgan fingerprint density at radius 3 is 2.62 bits per heavy atom. The van der Waals surface area contributed by atoms with E-state index in [1.54, 1.807) is 0 Å². The third kappa shape index (κ3) is 3.26. The first-order chi connectivity index (χ1) is 10.1. The Labute approximate surface area is 126 Å². The molecule has 1 unspecified atom stereocenters. The van der Waals surface area contributed by atoms with E-state index in [9.17, 15) is 9.59 Å². The summed E-state index contributed by atoms with van der Waals surface area (Å²) in [6.07, 6.45) is 2.34. The van der Waals surface area contributed by atoms with Crippen LogP contribution < -0.4 is 10.2 Å². The third-order valence-corrected chi connectivity index (χ3v) is 4.27. The highest BCUT2D eigenvalue weighted by Crippen LogP contribution is 2.28. The van der Waals surface area contributed by atoms with Crippen LogP contribution in [0.5, 0.6) is 0 Å². The van der Waals surface area contributed by atoms with Gasteiger partial charge in [0.05, 0.1) is 0 Å². The van der Waals surface area contributed by atoms with E-state index in [-0.39, 0.29) is 23.8 Å². The molecule has 0 fully saturated rings. The van der Waals surface area contributed by atoms with Crippen molar-refractivity contribution < 1.29 is 9.59 Å². The Kier molecular flexibility index (Phi) is 4.99. The molecule has 1 heterocycles. The molecule has 0 saturated heterocycles. The Morgan fingerprint density at radius 1 is 1.29 bits per heavy atom. The largest absolute Gasteiger partial charge is 0.359 e. The summed E-state index contributed by atoms with van der Waals surface area (Å²) < 4.78 is 0. The average molecular weight is 288 g/mol. The van der Waals surface area contributed by atoms with Crippen LogP contribution >= 0.6 is 0 Å². The molecule has 1 aromatic rings. The van der Waals surface area contributed by atoms with Gasteiger partial charge in [-0.3, -0.25) is 9.59 Å². The van der Waals surface area contributed by atoms with Crippen molar-refractivity contribution in [2.24, 2.45) is 0 Å². The molecule has 1 N–H and O–H groups in total. The van der Waals surface area contributed by atoms with Crippen LogP contribution in [0.25, 0.3) is 0 Å². The number of carbonyl (C=O) groups excluding carboxylic acids is 2. The van der Waals surface area contributed by atoms with Gasteiger partial charge in [0.25, 0.3) is 0 Å². The number of carbonyl (C=O) groups is 2. The maximum absolute atomic E-state index is 12.4. The zero-order valence-electron chi connectivity index (χ0n) is 13.1. The van der Waals surface area contributed by atoms with Gasteiger partial charge in [-0.25, -0.2) is 0 Å². The second kappa shape index (κ2) is 6.74. The van der Waals surface area contributed by atoms with E-state index in [0.717, 1.165) is 24.1 Å². The zero-order valence-corrected chi connectivity index (χ0v) is 13.1. The summed E-state index contributed by atoms with van der Waals surface area (Å²) >= 11 is 0. The molecule has 0 aliphatic carbocycles. The van der Waals surface area contributed by atoms with E-state index < -0.39 is 0 Å². The highest BCUT2D eigenvalue weighted by molar-refractivity contribution is 6.04. The monoisotopic (exact) mass is 288 g/mol. The number of ketones is 1. The quantitative estimate of drug-likeness (QED) is 0.906. The summed E-state index contributed by atoms with van der Waals surface area (Å²) in [5.41, 5.74) is 1.60. The lowest BCUT2D eigenvalue weighted by molar-refractivity contribution is -0.122. The van der Waals surface area contributed by atoms with E-state index in [1.165, 1.54) is 0 Å². The standard InChI is InChI=1S/C17H24N2O2/c1-4-13(5-2)18-17(21)12(3)19-11-10-16(20)14-8-6-7-9-15(14)19/h6-9,12-13H,4-5,10-11H2,1-3H3,(H,18,21). The summed E-state index contributed by atoms with van der Waals surface area (Å²) in [4.78, 5) is 26.4. The van der Waals surface area contributed by atoms with Crippen molar-refractivity contribution in [1.82, 2.24) is 5.32 Å². The van der Waals surface area contributed by atoms with Gasteiger partial charge in [0.1, 0.15) is 6.04 Å². The minimum absolute atomic E-state index is 0.0350. The van der Waals surface area contributed by atoms with E-state index in [2.05, 4.69) is 19.2 Å². The normalized spacial score (nSPS) is 15.8. The van der Waals surface area contributed by atoms with E-state index in [1.807, 2.05) is 36.1 Å². The molecular weight excluding hydrogens is 264 g/mol. The van der Waals surface area contributed by atoms with Gasteiger partial charge in [0, 0.05) is 30.3 Å². The molecule has 1 aliphatic heterocycles. The second-order valence-electron chi connectivity index (χ2n) is 5.58. The van der Waals surface area contributed by atoms with Gasteiger partial charge in [0.15, 0.2) is 5.78 Å². The van der Waals surface area contributed by atoms with Crippen molar-refractivity contribution in [2.45, 2.75) is 52.1 Å². The number of anilines is 1. The lowest BCUT2D eigenvalue weighted by Gasteiger charge is -2.35. The SMILES string of the molecule is CCC(CC)NC(=O)C(C)N1CCC(=O)c2ccccc21. The number of nitrogens with one attached hydrogen (secondary N) is 1. The number of rotatable bonds is 5. The number of Topliss-reactive ketones (excluding diaryl/α,β-unsaturated/α-hetero) is 1. The molecule has 21 heavy (non-hydrogen) atoms. The molecule has 1 aliphatic rings. The molecule has 1 aromatic carbocycles. The van der Waals surface area contributed by atoms with Crippen LogP contribution in [0.2, 0.25) is 0 Å². The van der Waals surface area contributed by atoms with E-state index in [0.29, 0.717) is 13.0 Å². The molecule has 0 spiro atoms. The highest BCUT2D eigenvalue weighted by atomic mass is 16.2. The van der Waals surface area contributed by atoms with Crippen molar-refractivity contribution in [1.29, 1.82) is 0 Å². The lowest BCUT2D eigenvalue weighted by Crippen LogP contribution is -2.50. The topological polar surface area (TPSA) is 49.4 Å². The fourth-order valence-electron chi connectivity index (χ4n) is 2.80. The molecule has 0 radical (unpaired) electrons. The molecular formula is C17H24N2O2. The molecule has 2 rings (SSSR count). The van der Waals surface area contributed by atoms with Gasteiger partial charge in [-0.05, 0) is 31.9 Å². The molecule has 0 aromatic heterocycles. The molecule has 114 valence electrons. The van der Waals surface area contributed by atoms with E-state index in [4.69, 9.17) is 0 Å². The number of nitrogens with zero attached hydrogens (tertiary/aromatic N) is 1. The maximum atomic E-state index is 12.4. The van der Waals surface area contributed by atoms with Gasteiger partial charge >= 0.3 is 0 Å². The van der Waals surface area contributed by atoms with Crippen LogP contribution in [0, 0.1) is 0 Å². The first-order valence-electron chi connectivity index (χ1n) is 7.77. The number of fused-ring (bicyclic) bond motifs is 1. The Morgan fingerprint density at radius 2 is 1.95 bits per heavy atom. The van der Waals surface area contributed by atoms with Crippen molar-refractivity contribution in [3.05, 3.63) is 29.8 Å². The molecule has 0 saturated carbocycles. The Balaban J connectivity index is 2.17. The number of hydrogen-bond acceptors (Lipinski definition) is 3. The first kappa shape index (κ1) is 15.5. The fraction of sp³-hybridized carbons (Fsp3) is 0.529. The fourth-order valence-corrected chi connectivity index (χ4v) is 2.80. The third-order valence-electron chi connectivity index (χ3n) is 4.27. The first-order valence-corrected chi connectivity index (χ1v) is 7.77. The van der Waals surface area contributed by atoms with Gasteiger partial charge in [-0.2, -0.15) is 0 Å². The van der Waals surface area contributed by atoms with Crippen LogP contribution in [0.4, 0.5) is 5.69 Å². The minimum atomic E-state index is -0.264. The summed E-state index contributed by atoms with van der Waals surface area (Å²) in [6.45, 7) is 6.67. The van der Waals surface area contributed by atoms with Gasteiger partial charge in [0.2, 0.25) is 5.91 Å². The van der Waals surface area contributed by atoms with Crippen LogP contribution in [0.15, 0.2) is 24.3 Å². The summed E-state index contributed by atoms with van der Waals surface area (Å²) in [6, 6.07) is 7.51. The highest BCUT2D eigenvalue weighted by Gasteiger charge is 2.29. The van der Waals surface area contributed by atoms with Gasteiger partial charge in [-0.1, -0.05) is 26.0 Å². The molecule has 4 heteroatoms. The molecule has 4 nitrogen and oxygen atoms in total. The van der Waals surface area contributed by atoms with Crippen LogP contribution in [0.1, 0.15) is 50.4 Å². The smallest absolute Gasteiger partial charge is 0.242 e. The predicted octanol–water partition coefficient (Wildman–Crippen LogP) is 2.77. The van der Waals surface area contributed by atoms with Crippen molar-refractivity contribution >= 4 is 17.4 Å². The summed E-state index contributed by atoms with van der Waals surface area (Å²) in [7, 11) is 0. The summed E-state index contributed by atoms with van der Waals surface area (Å²) in [5, 5.41) is 3.09. The zero-order chi connectivity index (χ0) is 15.4. The Bertz CT molecular complexity index is 523. The number of hydrogen-bond donors (Lipinski definition) is 1. The minimum Gasteiger partial charge on any atom is -0.359 e. The lowest BCUT2D eigenvalue weighted by atomic mass is 9.98. The number of amides is 1. The predicted molar refractivity (Wildman–Crippen MR) is 84.7 cm³/mol. The van der Waals surface area contributed by atoms with E-state index >= 15 is 0 Å². The average Bonchev–Trinajstić information content (AvgIpc) is 2.52. The van der Waals surface area contributed by atoms with Gasteiger partial charge in [-0.15, -0.1) is 0 Å². The maximum Gasteiger partial charge on any atom is 0.242 e. The van der Waals surface area contributed by atoms with Gasteiger partial charge < -0.3 is 10.2 Å². The van der Waals surface area contributed by atoms with Crippen LogP contribution in [-0.4, -0.2) is 30.3 Å². The van der Waals surface area contributed by atoms with Crippen molar-refractivity contribution in [3.8, 4) is 0 Å². The number of benzene rings is 1. The van der Waals surface area contributed by atoms with Crippen LogP contribution in [-0.2, 0) is 4.79 Å². The number of para-hydroxylation sites is 1. The molecule has 1 amide bonds.